The quantitative estimate of drug-likeness (QED) is 0.467. The van der Waals surface area contributed by atoms with Crippen LogP contribution in [-0.2, 0) is 9.53 Å². The van der Waals surface area contributed by atoms with Gasteiger partial charge in [0.25, 0.3) is 0 Å². The number of carbonyl (C=O) groups excluding carboxylic acids is 2. The van der Waals surface area contributed by atoms with E-state index in [0.29, 0.717) is 12.8 Å². The molecule has 1 saturated carbocycles. The first-order valence-corrected chi connectivity index (χ1v) is 5.52. The molecule has 0 unspecified atom stereocenters. The maximum atomic E-state index is 13.5. The fraction of sp³-hybridized carbons (Fsp3) is 0.385. The molecule has 96 valence electrons. The first kappa shape index (κ1) is 12.5. The third-order valence-electron chi connectivity index (χ3n) is 3.17. The summed E-state index contributed by atoms with van der Waals surface area (Å²) in [6.07, 6.45) is 0.901. The lowest BCUT2D eigenvalue weighted by Crippen LogP contribution is -2.27. The van der Waals surface area contributed by atoms with Crippen LogP contribution in [0.15, 0.2) is 18.2 Å². The van der Waals surface area contributed by atoms with Crippen molar-refractivity contribution in [1.29, 1.82) is 0 Å². The van der Waals surface area contributed by atoms with Crippen molar-refractivity contribution in [2.45, 2.75) is 12.8 Å². The Kier molecular flexibility index (Phi) is 3.07. The number of hydrogen-bond donors (Lipinski definition) is 0. The second kappa shape index (κ2) is 4.40. The number of ketones is 1. The molecule has 4 nitrogen and oxygen atoms in total. The molecule has 5 heteroatoms. The standard InChI is InChI=1S/C13H13FO4/c1-17-10-4-3-8(7-9(10)14)11(15)13(5-6-13)12(16)18-2/h3-4,7H,5-6H2,1-2H3. The third-order valence-corrected chi connectivity index (χ3v) is 3.17. The highest BCUT2D eigenvalue weighted by molar-refractivity contribution is 6.14. The number of halogens is 1. The first-order chi connectivity index (χ1) is 8.55. The highest BCUT2D eigenvalue weighted by atomic mass is 19.1. The molecule has 2 rings (SSSR count). The summed E-state index contributed by atoms with van der Waals surface area (Å²) in [6, 6.07) is 3.91. The van der Waals surface area contributed by atoms with Gasteiger partial charge in [0.15, 0.2) is 17.3 Å². The Hall–Kier alpha value is -1.91. The molecule has 0 radical (unpaired) electrons. The van der Waals surface area contributed by atoms with Crippen molar-refractivity contribution in [2.24, 2.45) is 5.41 Å². The lowest BCUT2D eigenvalue weighted by atomic mass is 9.94. The monoisotopic (exact) mass is 252 g/mol. The van der Waals surface area contributed by atoms with Crippen molar-refractivity contribution in [3.8, 4) is 5.75 Å². The summed E-state index contributed by atoms with van der Waals surface area (Å²) in [5.41, 5.74) is -0.938. The summed E-state index contributed by atoms with van der Waals surface area (Å²) in [6.45, 7) is 0. The number of ether oxygens (including phenoxy) is 2. The maximum Gasteiger partial charge on any atom is 0.319 e. The molecule has 0 aromatic heterocycles. The highest BCUT2D eigenvalue weighted by Crippen LogP contribution is 2.49. The molecular weight excluding hydrogens is 239 g/mol. The second-order valence-corrected chi connectivity index (χ2v) is 4.25. The van der Waals surface area contributed by atoms with E-state index < -0.39 is 23.0 Å². The predicted molar refractivity (Wildman–Crippen MR) is 61.0 cm³/mol. The largest absolute Gasteiger partial charge is 0.494 e. The lowest BCUT2D eigenvalue weighted by molar-refractivity contribution is -0.145. The molecule has 1 aromatic rings. The van der Waals surface area contributed by atoms with Crippen molar-refractivity contribution < 1.29 is 23.5 Å². The van der Waals surface area contributed by atoms with Gasteiger partial charge in [0.1, 0.15) is 5.41 Å². The first-order valence-electron chi connectivity index (χ1n) is 5.52. The number of benzene rings is 1. The fourth-order valence-corrected chi connectivity index (χ4v) is 1.93. The van der Waals surface area contributed by atoms with Crippen LogP contribution in [0.3, 0.4) is 0 Å². The van der Waals surface area contributed by atoms with Crippen LogP contribution >= 0.6 is 0 Å². The summed E-state index contributed by atoms with van der Waals surface area (Å²) in [5, 5.41) is 0. The van der Waals surface area contributed by atoms with E-state index >= 15 is 0 Å². The molecule has 0 saturated heterocycles. The molecule has 0 aliphatic heterocycles. The van der Waals surface area contributed by atoms with Crippen LogP contribution in [0.1, 0.15) is 23.2 Å². The zero-order valence-electron chi connectivity index (χ0n) is 10.2. The van der Waals surface area contributed by atoms with E-state index in [9.17, 15) is 14.0 Å². The lowest BCUT2D eigenvalue weighted by Gasteiger charge is -2.12. The minimum atomic E-state index is -1.10. The Labute approximate surface area is 104 Å². The molecule has 1 aromatic carbocycles. The third kappa shape index (κ3) is 1.85. The van der Waals surface area contributed by atoms with Crippen LogP contribution in [0.4, 0.5) is 4.39 Å². The minimum absolute atomic E-state index is 0.0643. The van der Waals surface area contributed by atoms with Crippen molar-refractivity contribution in [3.63, 3.8) is 0 Å². The summed E-state index contributed by atoms with van der Waals surface area (Å²) in [4.78, 5) is 23.7. The molecule has 0 bridgehead atoms. The number of hydrogen-bond acceptors (Lipinski definition) is 4. The fourth-order valence-electron chi connectivity index (χ4n) is 1.93. The SMILES string of the molecule is COC(=O)C1(C(=O)c2ccc(OC)c(F)c2)CC1. The zero-order valence-corrected chi connectivity index (χ0v) is 10.2. The minimum Gasteiger partial charge on any atom is -0.494 e. The van der Waals surface area contributed by atoms with Gasteiger partial charge in [0, 0.05) is 5.56 Å². The van der Waals surface area contributed by atoms with Crippen molar-refractivity contribution in [3.05, 3.63) is 29.6 Å². The van der Waals surface area contributed by atoms with Gasteiger partial charge in [-0.25, -0.2) is 4.39 Å². The van der Waals surface area contributed by atoms with Crippen LogP contribution in [0.2, 0.25) is 0 Å². The van der Waals surface area contributed by atoms with Gasteiger partial charge in [-0.2, -0.15) is 0 Å². The molecule has 0 heterocycles. The van der Waals surface area contributed by atoms with Gasteiger partial charge in [-0.1, -0.05) is 0 Å². The molecule has 0 N–H and O–H groups in total. The highest BCUT2D eigenvalue weighted by Gasteiger charge is 2.57. The van der Waals surface area contributed by atoms with Crippen molar-refractivity contribution >= 4 is 11.8 Å². The summed E-state index contributed by atoms with van der Waals surface area (Å²) in [7, 11) is 2.58. The Morgan fingerprint density at radius 1 is 1.28 bits per heavy atom. The van der Waals surface area contributed by atoms with E-state index in [-0.39, 0.29) is 11.3 Å². The maximum absolute atomic E-state index is 13.5. The zero-order chi connectivity index (χ0) is 13.3. The molecule has 0 amide bonds. The average molecular weight is 252 g/mol. The number of methoxy groups -OCH3 is 2. The molecule has 1 fully saturated rings. The van der Waals surface area contributed by atoms with E-state index in [1.165, 1.54) is 26.4 Å². The molecule has 1 aliphatic rings. The van der Waals surface area contributed by atoms with E-state index in [0.717, 1.165) is 6.07 Å². The predicted octanol–water partition coefficient (Wildman–Crippen LogP) is 1.97. The van der Waals surface area contributed by atoms with Gasteiger partial charge in [-0.05, 0) is 31.0 Å². The van der Waals surface area contributed by atoms with E-state index in [1.807, 2.05) is 0 Å². The van der Waals surface area contributed by atoms with Gasteiger partial charge in [-0.15, -0.1) is 0 Å². The van der Waals surface area contributed by atoms with Crippen LogP contribution in [0.25, 0.3) is 0 Å². The Morgan fingerprint density at radius 3 is 2.39 bits per heavy atom. The molecule has 18 heavy (non-hydrogen) atoms. The van der Waals surface area contributed by atoms with Gasteiger partial charge in [0.2, 0.25) is 0 Å². The van der Waals surface area contributed by atoms with Crippen molar-refractivity contribution in [1.82, 2.24) is 0 Å². The molecular formula is C13H13FO4. The smallest absolute Gasteiger partial charge is 0.319 e. The summed E-state index contributed by atoms with van der Waals surface area (Å²) < 4.78 is 22.9. The van der Waals surface area contributed by atoms with Crippen LogP contribution in [0, 0.1) is 11.2 Å². The molecule has 0 spiro atoms. The Balaban J connectivity index is 2.30. The Bertz CT molecular complexity index is 506. The number of esters is 1. The van der Waals surface area contributed by atoms with Crippen molar-refractivity contribution in [2.75, 3.05) is 14.2 Å². The molecule has 0 atom stereocenters. The molecule has 1 aliphatic carbocycles. The summed E-state index contributed by atoms with van der Waals surface area (Å²) >= 11 is 0. The second-order valence-electron chi connectivity index (χ2n) is 4.25. The Morgan fingerprint density at radius 2 is 1.94 bits per heavy atom. The van der Waals surface area contributed by atoms with Crippen LogP contribution < -0.4 is 4.74 Å². The van der Waals surface area contributed by atoms with Gasteiger partial charge >= 0.3 is 5.97 Å². The van der Waals surface area contributed by atoms with Crippen LogP contribution in [-0.4, -0.2) is 26.0 Å². The number of carbonyl (C=O) groups is 2. The van der Waals surface area contributed by atoms with Gasteiger partial charge < -0.3 is 9.47 Å². The van der Waals surface area contributed by atoms with E-state index in [1.54, 1.807) is 0 Å². The van der Waals surface area contributed by atoms with E-state index in [2.05, 4.69) is 4.74 Å². The van der Waals surface area contributed by atoms with Gasteiger partial charge in [-0.3, -0.25) is 9.59 Å². The number of rotatable bonds is 4. The summed E-state index contributed by atoms with van der Waals surface area (Å²) in [5.74, 6) is -1.50. The normalized spacial score (nSPS) is 15.9. The topological polar surface area (TPSA) is 52.6 Å². The van der Waals surface area contributed by atoms with E-state index in [4.69, 9.17) is 4.74 Å². The number of Topliss-reactive ketones (excluding diaryl/α,β-unsaturated/α-hetero) is 1. The van der Waals surface area contributed by atoms with Gasteiger partial charge in [0.05, 0.1) is 14.2 Å². The average Bonchev–Trinajstić information content (AvgIpc) is 3.18. The van der Waals surface area contributed by atoms with Crippen LogP contribution in [0.5, 0.6) is 5.75 Å².